The number of nitrogens with zero attached hydrogens (tertiary/aromatic N) is 2. The second-order valence-electron chi connectivity index (χ2n) is 18.1. The first-order valence-electron chi connectivity index (χ1n) is 25.5. The van der Waals surface area contributed by atoms with Crippen LogP contribution in [0.1, 0.15) is 61.2 Å². The van der Waals surface area contributed by atoms with E-state index in [0.29, 0.717) is 77.8 Å². The topological polar surface area (TPSA) is 90.4 Å². The van der Waals surface area contributed by atoms with Gasteiger partial charge in [0, 0.05) is 54.1 Å². The van der Waals surface area contributed by atoms with Crippen LogP contribution in [0, 0.1) is 23.7 Å². The van der Waals surface area contributed by atoms with Gasteiger partial charge < -0.3 is 33.2 Å². The molecule has 9 nitrogen and oxygen atoms in total. The molecule has 0 aliphatic heterocycles. The molecule has 0 unspecified atom stereocenters. The van der Waals surface area contributed by atoms with Crippen LogP contribution >= 0.6 is 0 Å². The maximum atomic E-state index is 6.78. The molecule has 9 heteroatoms. The third-order valence-corrected chi connectivity index (χ3v) is 12.1. The fraction of sp³-hybridized carbons (Fsp3) is 0.101. The average Bonchev–Trinajstić information content (AvgIpc) is 3.50. The maximum absolute atomic E-state index is 6.78. The van der Waals surface area contributed by atoms with Crippen molar-refractivity contribution >= 4 is 0 Å². The Kier molecular flexibility index (Phi) is 17.6. The van der Waals surface area contributed by atoms with Gasteiger partial charge in [-0.3, -0.25) is 9.97 Å². The molecule has 0 saturated heterocycles. The number of hydrogen-bond donors (Lipinski definition) is 0. The predicted octanol–water partition coefficient (Wildman–Crippen LogP) is 14.3. The van der Waals surface area contributed by atoms with E-state index in [1.54, 1.807) is 24.8 Å². The number of pyridine rings is 2. The summed E-state index contributed by atoms with van der Waals surface area (Å²) in [5.41, 5.74) is 9.69. The Hall–Kier alpha value is -10.2. The quantitative estimate of drug-likeness (QED) is 0.0653. The molecule has 0 amide bonds. The number of para-hydroxylation sites is 1. The Morgan fingerprint density at radius 2 is 0.513 bits per heavy atom. The van der Waals surface area contributed by atoms with E-state index in [0.717, 1.165) is 50.1 Å². The summed E-state index contributed by atoms with van der Waals surface area (Å²) in [4.78, 5) is 8.30. The molecule has 2 aromatic heterocycles. The smallest absolute Gasteiger partial charge is 0.151 e. The van der Waals surface area contributed by atoms with E-state index in [2.05, 4.69) is 33.6 Å². The van der Waals surface area contributed by atoms with Gasteiger partial charge in [0.1, 0.15) is 80.7 Å². The maximum Gasteiger partial charge on any atom is 0.151 e. The van der Waals surface area contributed by atoms with E-state index in [4.69, 9.17) is 33.2 Å². The van der Waals surface area contributed by atoms with Gasteiger partial charge in [0.05, 0.1) is 11.1 Å². The molecule has 0 spiro atoms. The highest BCUT2D eigenvalue weighted by atomic mass is 16.5. The first-order valence-corrected chi connectivity index (χ1v) is 25.5. The van der Waals surface area contributed by atoms with E-state index in [9.17, 15) is 0 Å². The number of aromatic nitrogens is 2. The first kappa shape index (κ1) is 51.3. The molecular weight excluding hydrogens is 969 g/mol. The Morgan fingerprint density at radius 1 is 0.244 bits per heavy atom. The number of ether oxygens (including phenoxy) is 7. The molecule has 0 aliphatic rings. The Labute approximate surface area is 455 Å². The van der Waals surface area contributed by atoms with Crippen molar-refractivity contribution in [3.63, 3.8) is 0 Å². The molecule has 2 heterocycles. The van der Waals surface area contributed by atoms with Crippen molar-refractivity contribution in [3.8, 4) is 63.9 Å². The molecule has 382 valence electrons. The van der Waals surface area contributed by atoms with Gasteiger partial charge in [-0.05, 0) is 112 Å². The monoisotopic (exact) mass is 1020 g/mol. The van der Waals surface area contributed by atoms with Crippen LogP contribution in [0.2, 0.25) is 0 Å². The van der Waals surface area contributed by atoms with Crippen LogP contribution in [0.4, 0.5) is 0 Å². The van der Waals surface area contributed by atoms with Gasteiger partial charge >= 0.3 is 0 Å². The van der Waals surface area contributed by atoms with Crippen molar-refractivity contribution in [2.75, 3.05) is 0 Å². The summed E-state index contributed by atoms with van der Waals surface area (Å²) >= 11 is 0. The van der Waals surface area contributed by atoms with E-state index < -0.39 is 0 Å². The van der Waals surface area contributed by atoms with Crippen molar-refractivity contribution in [2.24, 2.45) is 0 Å². The molecule has 10 aromatic rings. The van der Waals surface area contributed by atoms with Crippen molar-refractivity contribution in [1.29, 1.82) is 0 Å². The summed E-state index contributed by atoms with van der Waals surface area (Å²) in [5.74, 6) is 17.5. The third kappa shape index (κ3) is 15.7. The SMILES string of the molecule is C(#Cc1cccc(C#Cc2ccncc2)c1OCc1cc(OCc2cc(OCc3ccccc3)cc(OCc3ccccc3)c2)cc(OCc2cc(OCc3ccccc3)cc(OCc3ccccc3)c2)c1)c1ccncc1. The summed E-state index contributed by atoms with van der Waals surface area (Å²) < 4.78 is 45.5. The van der Waals surface area contributed by atoms with Crippen LogP contribution in [-0.2, 0) is 46.2 Å². The molecule has 78 heavy (non-hydrogen) atoms. The number of benzene rings is 8. The van der Waals surface area contributed by atoms with Crippen molar-refractivity contribution < 1.29 is 33.2 Å². The Balaban J connectivity index is 0.953. The molecule has 0 N–H and O–H groups in total. The lowest BCUT2D eigenvalue weighted by Crippen LogP contribution is -2.04. The Morgan fingerprint density at radius 3 is 0.808 bits per heavy atom. The highest BCUT2D eigenvalue weighted by molar-refractivity contribution is 5.59. The fourth-order valence-electron chi connectivity index (χ4n) is 8.13. The normalized spacial score (nSPS) is 10.5. The standard InChI is InChI=1S/C69H54N2O7/c1-5-14-54(15-6-1)45-72-63-36-58(37-64(42-63)73-46-55-16-7-2-8-17-55)49-76-67-40-60(51-78-69-61(26-24-52-28-32-70-33-29-52)22-13-23-62(69)27-25-53-30-34-71-35-31-53)41-68(44-67)77-50-59-38-65(74-47-56-18-9-3-10-19-56)43-66(39-59)75-48-57-20-11-4-12-21-57/h1-23,28-44H,45-51H2. The van der Waals surface area contributed by atoms with E-state index in [1.165, 1.54) is 0 Å². The van der Waals surface area contributed by atoms with Crippen molar-refractivity contribution in [1.82, 2.24) is 9.97 Å². The van der Waals surface area contributed by atoms with Crippen LogP contribution < -0.4 is 33.2 Å². The average molecular weight is 1020 g/mol. The largest absolute Gasteiger partial charge is 0.489 e. The summed E-state index contributed by atoms with van der Waals surface area (Å²) in [6, 6.07) is 71.1. The van der Waals surface area contributed by atoms with Gasteiger partial charge in [-0.1, -0.05) is 151 Å². The number of hydrogen-bond acceptors (Lipinski definition) is 9. The minimum atomic E-state index is 0.131. The molecule has 0 saturated carbocycles. The summed E-state index contributed by atoms with van der Waals surface area (Å²) in [5, 5.41) is 0. The highest BCUT2D eigenvalue weighted by Crippen LogP contribution is 2.32. The lowest BCUT2D eigenvalue weighted by Gasteiger charge is -2.16. The summed E-state index contributed by atoms with van der Waals surface area (Å²) in [6.07, 6.45) is 6.88. The zero-order valence-corrected chi connectivity index (χ0v) is 42.8. The fourth-order valence-corrected chi connectivity index (χ4v) is 8.13. The van der Waals surface area contributed by atoms with Gasteiger partial charge in [-0.15, -0.1) is 0 Å². The van der Waals surface area contributed by atoms with E-state index in [1.807, 2.05) is 218 Å². The molecule has 8 aromatic carbocycles. The van der Waals surface area contributed by atoms with Gasteiger partial charge in [0.15, 0.2) is 5.75 Å². The minimum Gasteiger partial charge on any atom is -0.489 e. The minimum absolute atomic E-state index is 0.131. The molecule has 0 bridgehead atoms. The molecule has 0 atom stereocenters. The first-order chi connectivity index (χ1) is 38.6. The highest BCUT2D eigenvalue weighted by Gasteiger charge is 2.14. The molecule has 0 radical (unpaired) electrons. The zero-order chi connectivity index (χ0) is 52.8. The lowest BCUT2D eigenvalue weighted by atomic mass is 10.1. The van der Waals surface area contributed by atoms with Crippen molar-refractivity contribution in [3.05, 3.63) is 304 Å². The summed E-state index contributed by atoms with van der Waals surface area (Å²) in [7, 11) is 0. The van der Waals surface area contributed by atoms with E-state index >= 15 is 0 Å². The second-order valence-corrected chi connectivity index (χ2v) is 18.1. The summed E-state index contributed by atoms with van der Waals surface area (Å²) in [6.45, 7) is 2.09. The van der Waals surface area contributed by atoms with Crippen LogP contribution in [0.25, 0.3) is 0 Å². The third-order valence-electron chi connectivity index (χ3n) is 12.1. The van der Waals surface area contributed by atoms with Gasteiger partial charge in [0.25, 0.3) is 0 Å². The van der Waals surface area contributed by atoms with Crippen LogP contribution in [-0.4, -0.2) is 9.97 Å². The molecule has 0 fully saturated rings. The Bertz CT molecular complexity index is 3280. The van der Waals surface area contributed by atoms with Crippen LogP contribution in [0.5, 0.6) is 40.2 Å². The van der Waals surface area contributed by atoms with Gasteiger partial charge in [-0.2, -0.15) is 0 Å². The van der Waals surface area contributed by atoms with E-state index in [-0.39, 0.29) is 19.8 Å². The molecule has 10 rings (SSSR count). The zero-order valence-electron chi connectivity index (χ0n) is 42.8. The van der Waals surface area contributed by atoms with Gasteiger partial charge in [0.2, 0.25) is 0 Å². The number of rotatable bonds is 21. The van der Waals surface area contributed by atoms with Crippen LogP contribution in [0.3, 0.4) is 0 Å². The van der Waals surface area contributed by atoms with Gasteiger partial charge in [-0.25, -0.2) is 0 Å². The lowest BCUT2D eigenvalue weighted by molar-refractivity contribution is 0.273. The van der Waals surface area contributed by atoms with Crippen molar-refractivity contribution in [2.45, 2.75) is 46.2 Å². The second kappa shape index (κ2) is 26.8. The molecular formula is C69H54N2O7. The molecule has 0 aliphatic carbocycles. The van der Waals surface area contributed by atoms with Crippen LogP contribution in [0.15, 0.2) is 243 Å². The predicted molar refractivity (Wildman–Crippen MR) is 302 cm³/mol.